The van der Waals surface area contributed by atoms with E-state index in [0.29, 0.717) is 12.6 Å². The highest BCUT2D eigenvalue weighted by atomic mass is 16.4. The van der Waals surface area contributed by atoms with Crippen LogP contribution in [0.15, 0.2) is 48.5 Å². The van der Waals surface area contributed by atoms with Crippen LogP contribution in [0.1, 0.15) is 44.6 Å². The van der Waals surface area contributed by atoms with E-state index in [0.717, 1.165) is 29.0 Å². The fourth-order valence-electron chi connectivity index (χ4n) is 4.45. The molecule has 0 amide bonds. The molecule has 0 radical (unpaired) electrons. The average Bonchev–Trinajstić information content (AvgIpc) is 3.12. The molecule has 2 aromatic carbocycles. The first-order chi connectivity index (χ1) is 14.2. The van der Waals surface area contributed by atoms with E-state index in [9.17, 15) is 4.79 Å². The van der Waals surface area contributed by atoms with E-state index in [1.54, 1.807) is 0 Å². The molecule has 1 unspecified atom stereocenters. The summed E-state index contributed by atoms with van der Waals surface area (Å²) in [5.41, 5.74) is 4.23. The Morgan fingerprint density at radius 2 is 1.93 bits per heavy atom. The van der Waals surface area contributed by atoms with Gasteiger partial charge in [-0.25, -0.2) is 4.98 Å². The molecule has 1 aromatic heterocycles. The number of carbonyl (C=O) groups is 1. The van der Waals surface area contributed by atoms with Gasteiger partial charge in [0, 0.05) is 24.7 Å². The van der Waals surface area contributed by atoms with Crippen LogP contribution in [-0.4, -0.2) is 38.1 Å². The maximum Gasteiger partial charge on any atom is 0.305 e. The lowest BCUT2D eigenvalue weighted by atomic mass is 9.99. The summed E-state index contributed by atoms with van der Waals surface area (Å²) in [6, 6.07) is 17.2. The number of carboxylic acid groups (broad SMARTS) is 1. The lowest BCUT2D eigenvalue weighted by molar-refractivity contribution is -0.137. The number of carboxylic acids is 1. The normalized spacial score (nSPS) is 17.6. The number of imidazole rings is 1. The second-order valence-corrected chi connectivity index (χ2v) is 7.94. The summed E-state index contributed by atoms with van der Waals surface area (Å²) in [4.78, 5) is 18.5. The third-order valence-corrected chi connectivity index (χ3v) is 6.02. The van der Waals surface area contributed by atoms with E-state index in [-0.39, 0.29) is 6.42 Å². The number of aliphatic carboxylic acids is 1. The van der Waals surface area contributed by atoms with Crippen LogP contribution in [0.3, 0.4) is 0 Å². The van der Waals surface area contributed by atoms with Crippen LogP contribution >= 0.6 is 0 Å². The van der Waals surface area contributed by atoms with Gasteiger partial charge in [-0.15, -0.1) is 0 Å². The second kappa shape index (κ2) is 8.78. The Kier molecular flexibility index (Phi) is 5.95. The number of hydrogen-bond donors (Lipinski definition) is 1. The molecule has 0 spiro atoms. The van der Waals surface area contributed by atoms with E-state index < -0.39 is 5.97 Å². The summed E-state index contributed by atoms with van der Waals surface area (Å²) in [5, 5.41) is 9.14. The number of aryl methyl sites for hydroxylation is 1. The predicted octanol–water partition coefficient (Wildman–Crippen LogP) is 4.94. The number of likely N-dealkylation sites (tertiary alicyclic amines) is 1. The number of nitrogens with zero attached hydrogens (tertiary/aromatic N) is 3. The first-order valence-electron chi connectivity index (χ1n) is 10.7. The molecule has 2 heterocycles. The maximum atomic E-state index is 11.1. The van der Waals surface area contributed by atoms with Crippen LogP contribution in [0, 0.1) is 0 Å². The molecule has 152 valence electrons. The van der Waals surface area contributed by atoms with Crippen molar-refractivity contribution in [2.45, 2.75) is 58.2 Å². The third kappa shape index (κ3) is 4.35. The van der Waals surface area contributed by atoms with Crippen molar-refractivity contribution in [1.82, 2.24) is 14.5 Å². The average molecular weight is 392 g/mol. The molecule has 1 atom stereocenters. The summed E-state index contributed by atoms with van der Waals surface area (Å²) in [5.74, 6) is 0.0412. The summed E-state index contributed by atoms with van der Waals surface area (Å²) in [6.07, 6.45) is 5.25. The van der Waals surface area contributed by atoms with Gasteiger partial charge in [-0.2, -0.15) is 0 Å². The van der Waals surface area contributed by atoms with E-state index >= 15 is 0 Å². The van der Waals surface area contributed by atoms with Gasteiger partial charge in [0.1, 0.15) is 5.82 Å². The Morgan fingerprint density at radius 1 is 1.14 bits per heavy atom. The van der Waals surface area contributed by atoms with Crippen LogP contribution < -0.4 is 0 Å². The first kappa shape index (κ1) is 19.6. The number of benzene rings is 2. The van der Waals surface area contributed by atoms with Gasteiger partial charge < -0.3 is 9.67 Å². The number of aromatic nitrogens is 2. The molecule has 5 nitrogen and oxygen atoms in total. The molecule has 0 aliphatic carbocycles. The molecular formula is C24H29N3O2. The van der Waals surface area contributed by atoms with Crippen LogP contribution in [-0.2, 0) is 17.9 Å². The largest absolute Gasteiger partial charge is 0.481 e. The molecule has 1 fully saturated rings. The van der Waals surface area contributed by atoms with Gasteiger partial charge in [0.05, 0.1) is 17.5 Å². The SMILES string of the molecule is CCC1CCCCN1Cc1ccc(-c2nc3ccccc3n2CCC(=O)O)cc1. The minimum Gasteiger partial charge on any atom is -0.481 e. The van der Waals surface area contributed by atoms with Crippen LogP contribution in [0.4, 0.5) is 0 Å². The zero-order valence-electron chi connectivity index (χ0n) is 17.1. The van der Waals surface area contributed by atoms with Crippen molar-refractivity contribution in [1.29, 1.82) is 0 Å². The van der Waals surface area contributed by atoms with Crippen molar-refractivity contribution in [2.24, 2.45) is 0 Å². The molecule has 1 aliphatic heterocycles. The van der Waals surface area contributed by atoms with Gasteiger partial charge in [0.2, 0.25) is 0 Å². The Hall–Kier alpha value is -2.66. The predicted molar refractivity (Wildman–Crippen MR) is 116 cm³/mol. The number of fused-ring (bicyclic) bond motifs is 1. The summed E-state index contributed by atoms with van der Waals surface area (Å²) in [6.45, 7) is 4.88. The monoisotopic (exact) mass is 391 g/mol. The highest BCUT2D eigenvalue weighted by molar-refractivity contribution is 5.81. The number of piperidine rings is 1. The molecule has 0 bridgehead atoms. The quantitative estimate of drug-likeness (QED) is 0.620. The molecule has 1 saturated heterocycles. The topological polar surface area (TPSA) is 58.4 Å². The minimum absolute atomic E-state index is 0.0821. The zero-order valence-corrected chi connectivity index (χ0v) is 17.1. The van der Waals surface area contributed by atoms with E-state index in [1.165, 1.54) is 37.8 Å². The molecule has 0 saturated carbocycles. The fraction of sp³-hybridized carbons (Fsp3) is 0.417. The molecule has 1 aliphatic rings. The van der Waals surface area contributed by atoms with Crippen molar-refractivity contribution >= 4 is 17.0 Å². The second-order valence-electron chi connectivity index (χ2n) is 7.94. The minimum atomic E-state index is -0.795. The van der Waals surface area contributed by atoms with E-state index in [1.807, 2.05) is 28.8 Å². The molecule has 5 heteroatoms. The molecule has 1 N–H and O–H groups in total. The van der Waals surface area contributed by atoms with Gasteiger partial charge in [-0.3, -0.25) is 9.69 Å². The van der Waals surface area contributed by atoms with Crippen LogP contribution in [0.2, 0.25) is 0 Å². The maximum absolute atomic E-state index is 11.1. The molecule has 4 rings (SSSR count). The van der Waals surface area contributed by atoms with Gasteiger partial charge in [0.25, 0.3) is 0 Å². The van der Waals surface area contributed by atoms with Crippen molar-refractivity contribution in [2.75, 3.05) is 6.54 Å². The number of rotatable bonds is 7. The Bertz CT molecular complexity index is 977. The van der Waals surface area contributed by atoms with Crippen LogP contribution in [0.5, 0.6) is 0 Å². The van der Waals surface area contributed by atoms with Crippen molar-refractivity contribution in [3.63, 3.8) is 0 Å². The Morgan fingerprint density at radius 3 is 2.69 bits per heavy atom. The molecule has 3 aromatic rings. The fourth-order valence-corrected chi connectivity index (χ4v) is 4.45. The van der Waals surface area contributed by atoms with Gasteiger partial charge >= 0.3 is 5.97 Å². The first-order valence-corrected chi connectivity index (χ1v) is 10.7. The number of para-hydroxylation sites is 2. The molecular weight excluding hydrogens is 362 g/mol. The summed E-state index contributed by atoms with van der Waals surface area (Å²) < 4.78 is 2.02. The highest BCUT2D eigenvalue weighted by Gasteiger charge is 2.21. The summed E-state index contributed by atoms with van der Waals surface area (Å²) >= 11 is 0. The van der Waals surface area contributed by atoms with Crippen molar-refractivity contribution in [3.8, 4) is 11.4 Å². The molecule has 29 heavy (non-hydrogen) atoms. The van der Waals surface area contributed by atoms with Crippen molar-refractivity contribution < 1.29 is 9.90 Å². The lowest BCUT2D eigenvalue weighted by Gasteiger charge is -2.35. The smallest absolute Gasteiger partial charge is 0.305 e. The highest BCUT2D eigenvalue weighted by Crippen LogP contribution is 2.27. The standard InChI is InChI=1S/C24H29N3O2/c1-2-20-7-5-6-15-26(20)17-18-10-12-19(13-11-18)24-25-21-8-3-4-9-22(21)27(24)16-14-23(28)29/h3-4,8-13,20H,2,5-7,14-17H2,1H3,(H,28,29). The van der Waals surface area contributed by atoms with Gasteiger partial charge in [-0.1, -0.05) is 49.7 Å². The lowest BCUT2D eigenvalue weighted by Crippen LogP contribution is -2.38. The number of hydrogen-bond acceptors (Lipinski definition) is 3. The van der Waals surface area contributed by atoms with E-state index in [2.05, 4.69) is 36.1 Å². The zero-order chi connectivity index (χ0) is 20.2. The van der Waals surface area contributed by atoms with Gasteiger partial charge in [0.15, 0.2) is 0 Å². The Balaban J connectivity index is 1.59. The van der Waals surface area contributed by atoms with Crippen LogP contribution in [0.25, 0.3) is 22.4 Å². The van der Waals surface area contributed by atoms with E-state index in [4.69, 9.17) is 10.1 Å². The van der Waals surface area contributed by atoms with Crippen molar-refractivity contribution in [3.05, 3.63) is 54.1 Å². The summed E-state index contributed by atoms with van der Waals surface area (Å²) in [7, 11) is 0. The van der Waals surface area contributed by atoms with Gasteiger partial charge in [-0.05, 0) is 43.5 Å². The Labute approximate surface area is 172 Å². The third-order valence-electron chi connectivity index (χ3n) is 6.02.